The number of ether oxygens (including phenoxy) is 1. The Bertz CT molecular complexity index is 592. The van der Waals surface area contributed by atoms with Crippen LogP contribution in [0, 0.1) is 5.82 Å². The number of aromatic nitrogens is 1. The predicted octanol–water partition coefficient (Wildman–Crippen LogP) is 3.71. The van der Waals surface area contributed by atoms with E-state index in [0.29, 0.717) is 29.7 Å². The van der Waals surface area contributed by atoms with Gasteiger partial charge >= 0.3 is 0 Å². The van der Waals surface area contributed by atoms with Crippen molar-refractivity contribution in [2.75, 3.05) is 17.7 Å². The molecule has 0 radical (unpaired) electrons. The van der Waals surface area contributed by atoms with Gasteiger partial charge in [-0.3, -0.25) is 0 Å². The Morgan fingerprint density at radius 3 is 2.89 bits per heavy atom. The summed E-state index contributed by atoms with van der Waals surface area (Å²) in [5.41, 5.74) is 6.50. The lowest BCUT2D eigenvalue weighted by molar-refractivity contribution is 0.329. The fourth-order valence-electron chi connectivity index (χ4n) is 1.50. The standard InChI is InChI=1S/C13H13BrFN3O/c1-2-19-13-10(16)5-6-12(18-13)17-11-7-8(14)3-4-9(11)15/h3-7H,2,16H2,1H3,(H,17,18). The highest BCUT2D eigenvalue weighted by Gasteiger charge is 2.07. The van der Waals surface area contributed by atoms with Crippen molar-refractivity contribution in [3.05, 3.63) is 40.6 Å². The van der Waals surface area contributed by atoms with Gasteiger partial charge in [0.25, 0.3) is 0 Å². The molecule has 2 rings (SSSR count). The van der Waals surface area contributed by atoms with Crippen LogP contribution in [0.15, 0.2) is 34.8 Å². The Labute approximate surface area is 118 Å². The molecule has 1 aromatic heterocycles. The Hall–Kier alpha value is -1.82. The van der Waals surface area contributed by atoms with Gasteiger partial charge in [-0.05, 0) is 37.3 Å². The van der Waals surface area contributed by atoms with Crippen LogP contribution in [0.4, 0.5) is 21.6 Å². The van der Waals surface area contributed by atoms with Crippen molar-refractivity contribution in [3.8, 4) is 5.88 Å². The average Bonchev–Trinajstić information content (AvgIpc) is 2.38. The summed E-state index contributed by atoms with van der Waals surface area (Å²) >= 11 is 3.29. The van der Waals surface area contributed by atoms with E-state index in [1.807, 2.05) is 6.92 Å². The van der Waals surface area contributed by atoms with E-state index >= 15 is 0 Å². The molecule has 1 aromatic carbocycles. The Morgan fingerprint density at radius 1 is 1.37 bits per heavy atom. The van der Waals surface area contributed by atoms with Crippen LogP contribution in [0.2, 0.25) is 0 Å². The first-order chi connectivity index (χ1) is 9.10. The quantitative estimate of drug-likeness (QED) is 0.899. The summed E-state index contributed by atoms with van der Waals surface area (Å²) in [6, 6.07) is 7.96. The van der Waals surface area contributed by atoms with Crippen LogP contribution < -0.4 is 15.8 Å². The minimum Gasteiger partial charge on any atom is -0.476 e. The van der Waals surface area contributed by atoms with Gasteiger partial charge in [-0.2, -0.15) is 4.98 Å². The van der Waals surface area contributed by atoms with Gasteiger partial charge in [0, 0.05) is 4.47 Å². The molecular weight excluding hydrogens is 313 g/mol. The molecule has 0 aliphatic heterocycles. The van der Waals surface area contributed by atoms with Crippen molar-refractivity contribution in [2.24, 2.45) is 0 Å². The number of halogens is 2. The number of anilines is 3. The topological polar surface area (TPSA) is 60.2 Å². The molecule has 100 valence electrons. The average molecular weight is 326 g/mol. The summed E-state index contributed by atoms with van der Waals surface area (Å²) in [6.07, 6.45) is 0. The zero-order valence-corrected chi connectivity index (χ0v) is 11.9. The molecule has 4 nitrogen and oxygen atoms in total. The third-order valence-corrected chi connectivity index (χ3v) is 2.86. The summed E-state index contributed by atoms with van der Waals surface area (Å²) in [5.74, 6) is 0.442. The zero-order chi connectivity index (χ0) is 13.8. The third kappa shape index (κ3) is 3.35. The highest BCUT2D eigenvalue weighted by atomic mass is 79.9. The van der Waals surface area contributed by atoms with Crippen LogP contribution >= 0.6 is 15.9 Å². The lowest BCUT2D eigenvalue weighted by Crippen LogP contribution is -2.02. The molecule has 19 heavy (non-hydrogen) atoms. The van der Waals surface area contributed by atoms with Crippen molar-refractivity contribution in [1.82, 2.24) is 4.98 Å². The van der Waals surface area contributed by atoms with E-state index in [4.69, 9.17) is 10.5 Å². The highest BCUT2D eigenvalue weighted by molar-refractivity contribution is 9.10. The second kappa shape index (κ2) is 5.88. The van der Waals surface area contributed by atoms with E-state index in [-0.39, 0.29) is 5.82 Å². The van der Waals surface area contributed by atoms with Crippen LogP contribution in [0.1, 0.15) is 6.92 Å². The largest absolute Gasteiger partial charge is 0.476 e. The summed E-state index contributed by atoms with van der Waals surface area (Å²) in [4.78, 5) is 4.19. The molecule has 0 unspecified atom stereocenters. The normalized spacial score (nSPS) is 10.3. The molecule has 0 aliphatic rings. The van der Waals surface area contributed by atoms with Crippen molar-refractivity contribution < 1.29 is 9.13 Å². The minimum atomic E-state index is -0.361. The maximum absolute atomic E-state index is 13.6. The number of nitrogen functional groups attached to an aromatic ring is 1. The second-order valence-electron chi connectivity index (χ2n) is 3.77. The third-order valence-electron chi connectivity index (χ3n) is 2.36. The van der Waals surface area contributed by atoms with Gasteiger partial charge in [-0.1, -0.05) is 15.9 Å². The smallest absolute Gasteiger partial charge is 0.239 e. The first-order valence-electron chi connectivity index (χ1n) is 5.71. The molecule has 0 spiro atoms. The SMILES string of the molecule is CCOc1nc(Nc2cc(Br)ccc2F)ccc1N. The van der Waals surface area contributed by atoms with E-state index in [0.717, 1.165) is 4.47 Å². The minimum absolute atomic E-state index is 0.328. The van der Waals surface area contributed by atoms with Gasteiger partial charge in [0.1, 0.15) is 11.6 Å². The van der Waals surface area contributed by atoms with Crippen molar-refractivity contribution in [3.63, 3.8) is 0 Å². The molecule has 3 N–H and O–H groups in total. The molecule has 2 aromatic rings. The van der Waals surface area contributed by atoms with E-state index in [1.54, 1.807) is 24.3 Å². The van der Waals surface area contributed by atoms with Crippen molar-refractivity contribution in [2.45, 2.75) is 6.92 Å². The predicted molar refractivity (Wildman–Crippen MR) is 77.2 cm³/mol. The molecule has 0 aliphatic carbocycles. The maximum atomic E-state index is 13.6. The molecule has 0 amide bonds. The Balaban J connectivity index is 2.28. The first kappa shape index (κ1) is 13.6. The van der Waals surface area contributed by atoms with Crippen LogP contribution in [-0.2, 0) is 0 Å². The summed E-state index contributed by atoms with van der Waals surface area (Å²) in [6.45, 7) is 2.31. The van der Waals surface area contributed by atoms with Gasteiger partial charge in [-0.15, -0.1) is 0 Å². The fraction of sp³-hybridized carbons (Fsp3) is 0.154. The molecule has 1 heterocycles. The van der Waals surface area contributed by atoms with Crippen molar-refractivity contribution >= 4 is 33.1 Å². The Morgan fingerprint density at radius 2 is 2.16 bits per heavy atom. The number of nitrogens with two attached hydrogens (primary N) is 1. The number of nitrogens with one attached hydrogen (secondary N) is 1. The van der Waals surface area contributed by atoms with Crippen LogP contribution in [-0.4, -0.2) is 11.6 Å². The summed E-state index contributed by atoms with van der Waals surface area (Å²) in [7, 11) is 0. The zero-order valence-electron chi connectivity index (χ0n) is 10.3. The van der Waals surface area contributed by atoms with Crippen LogP contribution in [0.25, 0.3) is 0 Å². The van der Waals surface area contributed by atoms with E-state index in [1.165, 1.54) is 6.07 Å². The maximum Gasteiger partial charge on any atom is 0.239 e. The van der Waals surface area contributed by atoms with E-state index in [9.17, 15) is 4.39 Å². The first-order valence-corrected chi connectivity index (χ1v) is 6.51. The lowest BCUT2D eigenvalue weighted by atomic mass is 10.3. The summed E-state index contributed by atoms with van der Waals surface area (Å²) in [5, 5.41) is 2.89. The van der Waals surface area contributed by atoms with Crippen molar-refractivity contribution in [1.29, 1.82) is 0 Å². The van der Waals surface area contributed by atoms with Gasteiger partial charge in [0.15, 0.2) is 0 Å². The number of rotatable bonds is 4. The van der Waals surface area contributed by atoms with Gasteiger partial charge in [-0.25, -0.2) is 4.39 Å². The van der Waals surface area contributed by atoms with E-state index < -0.39 is 0 Å². The van der Waals surface area contributed by atoms with Crippen LogP contribution in [0.5, 0.6) is 5.88 Å². The molecule has 6 heteroatoms. The number of hydrogen-bond donors (Lipinski definition) is 2. The monoisotopic (exact) mass is 325 g/mol. The number of pyridine rings is 1. The molecule has 0 bridgehead atoms. The van der Waals surface area contributed by atoms with Gasteiger partial charge in [0.2, 0.25) is 5.88 Å². The lowest BCUT2D eigenvalue weighted by Gasteiger charge is -2.10. The number of benzene rings is 1. The molecule has 0 atom stereocenters. The van der Waals surface area contributed by atoms with E-state index in [2.05, 4.69) is 26.2 Å². The number of hydrogen-bond acceptors (Lipinski definition) is 4. The number of nitrogens with zero attached hydrogens (tertiary/aromatic N) is 1. The molecular formula is C13H13BrFN3O. The van der Waals surface area contributed by atoms with Crippen LogP contribution in [0.3, 0.4) is 0 Å². The van der Waals surface area contributed by atoms with Gasteiger partial charge < -0.3 is 15.8 Å². The second-order valence-corrected chi connectivity index (χ2v) is 4.69. The molecule has 0 saturated heterocycles. The highest BCUT2D eigenvalue weighted by Crippen LogP contribution is 2.26. The molecule has 0 fully saturated rings. The Kier molecular flexibility index (Phi) is 4.21. The fourth-order valence-corrected chi connectivity index (χ4v) is 1.87. The van der Waals surface area contributed by atoms with Gasteiger partial charge in [0.05, 0.1) is 18.0 Å². The molecule has 0 saturated carbocycles. The summed E-state index contributed by atoms with van der Waals surface area (Å²) < 4.78 is 19.7.